The van der Waals surface area contributed by atoms with Crippen LogP contribution in [0.4, 0.5) is 4.79 Å². The molecule has 3 rings (SSSR count). The average Bonchev–Trinajstić information content (AvgIpc) is 2.87. The quantitative estimate of drug-likeness (QED) is 0.485. The normalized spacial score (nSPS) is 21.7. The molecule has 0 aromatic heterocycles. The van der Waals surface area contributed by atoms with Gasteiger partial charge in [0.25, 0.3) is 0 Å². The molecule has 3 atom stereocenters. The van der Waals surface area contributed by atoms with Gasteiger partial charge in [0, 0.05) is 33.0 Å². The molecule has 7 heteroatoms. The van der Waals surface area contributed by atoms with Crippen molar-refractivity contribution in [3.63, 3.8) is 0 Å². The fraction of sp³-hybridized carbons (Fsp3) is 0.667. The summed E-state index contributed by atoms with van der Waals surface area (Å²) in [5, 5.41) is 9.87. The first-order valence-corrected chi connectivity index (χ1v) is 13.8. The third kappa shape index (κ3) is 7.80. The Bertz CT molecular complexity index is 984. The molecule has 202 valence electrons. The number of benzene rings is 1. The van der Waals surface area contributed by atoms with E-state index in [0.717, 1.165) is 50.8 Å². The molecule has 2 amide bonds. The fourth-order valence-electron chi connectivity index (χ4n) is 5.73. The first-order chi connectivity index (χ1) is 17.5. The zero-order valence-electron chi connectivity index (χ0n) is 23.2. The molecule has 2 aliphatic heterocycles. The number of carbonyl (C=O) groups is 3. The minimum atomic E-state index is -0.629. The number of amides is 2. The van der Waals surface area contributed by atoms with Crippen molar-refractivity contribution in [3.8, 4) is 6.07 Å². The van der Waals surface area contributed by atoms with E-state index < -0.39 is 23.7 Å². The van der Waals surface area contributed by atoms with Crippen molar-refractivity contribution in [3.05, 3.63) is 35.4 Å². The Morgan fingerprint density at radius 3 is 2.27 bits per heavy atom. The van der Waals surface area contributed by atoms with E-state index in [1.807, 2.05) is 25.7 Å². The van der Waals surface area contributed by atoms with Crippen LogP contribution in [0, 0.1) is 23.2 Å². The molecule has 0 radical (unpaired) electrons. The Morgan fingerprint density at radius 2 is 1.73 bits per heavy atom. The topological polar surface area (TPSA) is 90.7 Å². The summed E-state index contributed by atoms with van der Waals surface area (Å²) in [5.41, 5.74) is 1.66. The van der Waals surface area contributed by atoms with Crippen LogP contribution in [0.25, 0.3) is 0 Å². The number of ether oxygens (including phenoxy) is 1. The van der Waals surface area contributed by atoms with Gasteiger partial charge in [0.05, 0.1) is 18.0 Å². The molecule has 1 aromatic rings. The van der Waals surface area contributed by atoms with Crippen LogP contribution < -0.4 is 0 Å². The molecule has 37 heavy (non-hydrogen) atoms. The number of Topliss-reactive ketones (excluding diaryl/α,β-unsaturated/α-hetero) is 1. The van der Waals surface area contributed by atoms with Crippen molar-refractivity contribution >= 4 is 17.8 Å². The number of carbonyl (C=O) groups excluding carboxylic acids is 3. The lowest BCUT2D eigenvalue weighted by atomic mass is 9.81. The van der Waals surface area contributed by atoms with Gasteiger partial charge >= 0.3 is 6.09 Å². The monoisotopic (exact) mass is 509 g/mol. The minimum absolute atomic E-state index is 0.0437. The van der Waals surface area contributed by atoms with E-state index >= 15 is 0 Å². The van der Waals surface area contributed by atoms with Crippen molar-refractivity contribution in [1.82, 2.24) is 9.80 Å². The molecule has 0 spiro atoms. The molecule has 1 aromatic carbocycles. The molecule has 0 N–H and O–H groups in total. The molecular weight excluding hydrogens is 466 g/mol. The van der Waals surface area contributed by atoms with E-state index in [4.69, 9.17) is 4.74 Å². The van der Waals surface area contributed by atoms with Gasteiger partial charge in [-0.05, 0) is 75.8 Å². The number of ketones is 1. The summed E-state index contributed by atoms with van der Waals surface area (Å²) in [6.45, 7) is 11.3. The number of piperidine rings is 2. The highest BCUT2D eigenvalue weighted by molar-refractivity contribution is 5.88. The Kier molecular flexibility index (Phi) is 9.75. The van der Waals surface area contributed by atoms with Crippen LogP contribution >= 0.6 is 0 Å². The second kappa shape index (κ2) is 12.6. The van der Waals surface area contributed by atoms with Gasteiger partial charge in [-0.3, -0.25) is 14.5 Å². The molecule has 7 nitrogen and oxygen atoms in total. The summed E-state index contributed by atoms with van der Waals surface area (Å²) in [4.78, 5) is 41.5. The summed E-state index contributed by atoms with van der Waals surface area (Å²) >= 11 is 0. The summed E-state index contributed by atoms with van der Waals surface area (Å²) in [7, 11) is 0. The average molecular weight is 510 g/mol. The van der Waals surface area contributed by atoms with Crippen molar-refractivity contribution in [2.45, 2.75) is 97.1 Å². The highest BCUT2D eigenvalue weighted by Crippen LogP contribution is 2.31. The summed E-state index contributed by atoms with van der Waals surface area (Å²) in [5.74, 6) is 0.171. The van der Waals surface area contributed by atoms with Gasteiger partial charge < -0.3 is 9.64 Å². The summed E-state index contributed by atoms with van der Waals surface area (Å²) in [6, 6.07) is 10.2. The first-order valence-electron chi connectivity index (χ1n) is 13.8. The molecule has 2 fully saturated rings. The van der Waals surface area contributed by atoms with E-state index in [9.17, 15) is 19.6 Å². The zero-order chi connectivity index (χ0) is 27.2. The number of rotatable bonds is 7. The van der Waals surface area contributed by atoms with Gasteiger partial charge in [-0.25, -0.2) is 4.79 Å². The standard InChI is InChI=1S/C30H43N3O4/c1-6-24-8-7-15-33(29(36)37-30(3,4)5)28(24)27(35)19-23(20-31)18-22-9-11-25(12-10-22)26-13-16-32(17-14-26)21(2)34/h9-12,23-24,26,28H,6-8,13-19H2,1-5H3/t23-,24-,28+/m1/s1. The summed E-state index contributed by atoms with van der Waals surface area (Å²) < 4.78 is 5.61. The van der Waals surface area contributed by atoms with Crippen LogP contribution in [0.3, 0.4) is 0 Å². The molecular formula is C30H43N3O4. The van der Waals surface area contributed by atoms with E-state index in [1.165, 1.54) is 5.56 Å². The number of nitriles is 1. The lowest BCUT2D eigenvalue weighted by Gasteiger charge is -2.40. The van der Waals surface area contributed by atoms with Crippen molar-refractivity contribution < 1.29 is 19.1 Å². The van der Waals surface area contributed by atoms with Crippen molar-refractivity contribution in [2.75, 3.05) is 19.6 Å². The third-order valence-electron chi connectivity index (χ3n) is 7.74. The van der Waals surface area contributed by atoms with Crippen LogP contribution in [0.1, 0.15) is 90.2 Å². The maximum Gasteiger partial charge on any atom is 0.410 e. The van der Waals surface area contributed by atoms with Crippen LogP contribution in [0.15, 0.2) is 24.3 Å². The largest absolute Gasteiger partial charge is 0.444 e. The third-order valence-corrected chi connectivity index (χ3v) is 7.74. The Balaban J connectivity index is 1.63. The minimum Gasteiger partial charge on any atom is -0.444 e. The summed E-state index contributed by atoms with van der Waals surface area (Å²) in [6.07, 6.45) is 4.66. The number of likely N-dealkylation sites (tertiary alicyclic amines) is 2. The number of hydrogen-bond acceptors (Lipinski definition) is 5. The van der Waals surface area contributed by atoms with Crippen LogP contribution in [0.2, 0.25) is 0 Å². The molecule has 0 aliphatic carbocycles. The maximum absolute atomic E-state index is 13.5. The Hall–Kier alpha value is -2.88. The van der Waals surface area contributed by atoms with Crippen molar-refractivity contribution in [2.24, 2.45) is 11.8 Å². The van der Waals surface area contributed by atoms with Crippen LogP contribution in [-0.4, -0.2) is 58.9 Å². The van der Waals surface area contributed by atoms with E-state index in [1.54, 1.807) is 11.8 Å². The van der Waals surface area contributed by atoms with Gasteiger partial charge in [0.15, 0.2) is 5.78 Å². The molecule has 0 bridgehead atoms. The highest BCUT2D eigenvalue weighted by Gasteiger charge is 2.40. The predicted octanol–water partition coefficient (Wildman–Crippen LogP) is 5.48. The van der Waals surface area contributed by atoms with Crippen LogP contribution in [0.5, 0.6) is 0 Å². The second-order valence-electron chi connectivity index (χ2n) is 11.7. The van der Waals surface area contributed by atoms with Crippen molar-refractivity contribution in [1.29, 1.82) is 5.26 Å². The first kappa shape index (κ1) is 28.7. The maximum atomic E-state index is 13.5. The van der Waals surface area contributed by atoms with Gasteiger partial charge in [-0.2, -0.15) is 5.26 Å². The predicted molar refractivity (Wildman–Crippen MR) is 143 cm³/mol. The van der Waals surface area contributed by atoms with Gasteiger partial charge in [-0.15, -0.1) is 0 Å². The zero-order valence-corrected chi connectivity index (χ0v) is 23.2. The van der Waals surface area contributed by atoms with Gasteiger partial charge in [0.2, 0.25) is 5.91 Å². The molecule has 0 unspecified atom stereocenters. The Labute approximate surface area is 222 Å². The lowest BCUT2D eigenvalue weighted by Crippen LogP contribution is -2.54. The van der Waals surface area contributed by atoms with Gasteiger partial charge in [-0.1, -0.05) is 37.6 Å². The second-order valence-corrected chi connectivity index (χ2v) is 11.7. The van der Waals surface area contributed by atoms with E-state index in [-0.39, 0.29) is 24.0 Å². The van der Waals surface area contributed by atoms with Crippen LogP contribution in [-0.2, 0) is 20.7 Å². The number of hydrogen-bond donors (Lipinski definition) is 0. The molecule has 2 heterocycles. The lowest BCUT2D eigenvalue weighted by molar-refractivity contribution is -0.130. The fourth-order valence-corrected chi connectivity index (χ4v) is 5.73. The van der Waals surface area contributed by atoms with Gasteiger partial charge in [0.1, 0.15) is 5.60 Å². The molecule has 2 saturated heterocycles. The highest BCUT2D eigenvalue weighted by atomic mass is 16.6. The van der Waals surface area contributed by atoms with E-state index in [0.29, 0.717) is 18.9 Å². The smallest absolute Gasteiger partial charge is 0.410 e. The molecule has 2 aliphatic rings. The SMILES string of the molecule is CC[C@@H]1CCCN(C(=O)OC(C)(C)C)[C@@H]1C(=O)C[C@H](C#N)Cc1ccc(C2CCN(C(C)=O)CC2)cc1. The number of nitrogens with zero attached hydrogens (tertiary/aromatic N) is 3. The molecule has 0 saturated carbocycles. The Morgan fingerprint density at radius 1 is 1.08 bits per heavy atom. The van der Waals surface area contributed by atoms with E-state index in [2.05, 4.69) is 37.3 Å².